The predicted molar refractivity (Wildman–Crippen MR) is 80.0 cm³/mol. The molecule has 0 atom stereocenters. The largest absolute Gasteiger partial charge is 0.416 e. The lowest BCUT2D eigenvalue weighted by atomic mass is 10.1. The third-order valence-corrected chi connectivity index (χ3v) is 3.49. The SMILES string of the molecule is Cc1ccc(CNc2cc(Cl)cc(C(F)(F)F)c2)c(Cl)c1. The molecule has 21 heavy (non-hydrogen) atoms. The van der Waals surface area contributed by atoms with Crippen LogP contribution >= 0.6 is 23.2 Å². The molecule has 0 aliphatic carbocycles. The van der Waals surface area contributed by atoms with Crippen molar-refractivity contribution in [3.05, 3.63) is 63.1 Å². The van der Waals surface area contributed by atoms with Crippen molar-refractivity contribution in [3.8, 4) is 0 Å². The van der Waals surface area contributed by atoms with Gasteiger partial charge in [-0.05, 0) is 42.3 Å². The summed E-state index contributed by atoms with van der Waals surface area (Å²) in [5, 5.41) is 3.51. The van der Waals surface area contributed by atoms with Crippen LogP contribution in [0.15, 0.2) is 36.4 Å². The van der Waals surface area contributed by atoms with Gasteiger partial charge in [-0.25, -0.2) is 0 Å². The zero-order valence-electron chi connectivity index (χ0n) is 11.1. The number of halogens is 5. The highest BCUT2D eigenvalue weighted by Gasteiger charge is 2.31. The molecule has 2 rings (SSSR count). The van der Waals surface area contributed by atoms with Gasteiger partial charge in [0, 0.05) is 22.3 Å². The number of alkyl halides is 3. The van der Waals surface area contributed by atoms with Crippen molar-refractivity contribution >= 4 is 28.9 Å². The van der Waals surface area contributed by atoms with Crippen molar-refractivity contribution in [1.29, 1.82) is 0 Å². The minimum Gasteiger partial charge on any atom is -0.381 e. The van der Waals surface area contributed by atoms with Crippen LogP contribution in [0, 0.1) is 6.92 Å². The molecule has 1 N–H and O–H groups in total. The first-order valence-corrected chi connectivity index (χ1v) is 6.88. The molecule has 0 amide bonds. The van der Waals surface area contributed by atoms with E-state index in [1.807, 2.05) is 19.1 Å². The molecule has 0 spiro atoms. The average molecular weight is 334 g/mol. The summed E-state index contributed by atoms with van der Waals surface area (Å²) in [5.41, 5.74) is 1.33. The van der Waals surface area contributed by atoms with Gasteiger partial charge in [-0.1, -0.05) is 35.3 Å². The summed E-state index contributed by atoms with van der Waals surface area (Å²) >= 11 is 11.8. The van der Waals surface area contributed by atoms with E-state index in [4.69, 9.17) is 23.2 Å². The van der Waals surface area contributed by atoms with Crippen LogP contribution in [0.25, 0.3) is 0 Å². The fraction of sp³-hybridized carbons (Fsp3) is 0.200. The first-order valence-electron chi connectivity index (χ1n) is 6.12. The van der Waals surface area contributed by atoms with E-state index in [0.29, 0.717) is 17.3 Å². The first kappa shape index (κ1) is 16.0. The fourth-order valence-corrected chi connectivity index (χ4v) is 2.39. The Bertz CT molecular complexity index is 654. The fourth-order valence-electron chi connectivity index (χ4n) is 1.85. The Morgan fingerprint density at radius 1 is 1.05 bits per heavy atom. The van der Waals surface area contributed by atoms with Gasteiger partial charge in [0.2, 0.25) is 0 Å². The summed E-state index contributed by atoms with van der Waals surface area (Å²) in [7, 11) is 0. The number of hydrogen-bond acceptors (Lipinski definition) is 1. The maximum absolute atomic E-state index is 12.7. The van der Waals surface area contributed by atoms with Gasteiger partial charge in [0.15, 0.2) is 0 Å². The monoisotopic (exact) mass is 333 g/mol. The quantitative estimate of drug-likeness (QED) is 0.733. The van der Waals surface area contributed by atoms with Crippen LogP contribution in [0.1, 0.15) is 16.7 Å². The van der Waals surface area contributed by atoms with Crippen molar-refractivity contribution in [3.63, 3.8) is 0 Å². The van der Waals surface area contributed by atoms with Gasteiger partial charge in [-0.3, -0.25) is 0 Å². The van der Waals surface area contributed by atoms with Gasteiger partial charge in [0.1, 0.15) is 0 Å². The summed E-state index contributed by atoms with van der Waals surface area (Å²) < 4.78 is 38.1. The van der Waals surface area contributed by atoms with Gasteiger partial charge in [-0.15, -0.1) is 0 Å². The standard InChI is InChI=1S/C15H12Cl2F3N/c1-9-2-3-10(14(17)4-9)8-21-13-6-11(15(18,19)20)5-12(16)7-13/h2-7,21H,8H2,1H3. The van der Waals surface area contributed by atoms with Crippen molar-refractivity contribution in [1.82, 2.24) is 0 Å². The highest BCUT2D eigenvalue weighted by molar-refractivity contribution is 6.31. The van der Waals surface area contributed by atoms with Crippen LogP contribution in [0.5, 0.6) is 0 Å². The van der Waals surface area contributed by atoms with Crippen molar-refractivity contribution in [2.24, 2.45) is 0 Å². The summed E-state index contributed by atoms with van der Waals surface area (Å²) in [6.07, 6.45) is -4.43. The van der Waals surface area contributed by atoms with E-state index in [1.165, 1.54) is 6.07 Å². The number of hydrogen-bond donors (Lipinski definition) is 1. The van der Waals surface area contributed by atoms with E-state index in [-0.39, 0.29) is 5.02 Å². The Labute approximate surface area is 130 Å². The second-order valence-corrected chi connectivity index (χ2v) is 5.52. The normalized spacial score (nSPS) is 11.5. The Morgan fingerprint density at radius 2 is 1.76 bits per heavy atom. The summed E-state index contributed by atoms with van der Waals surface area (Å²) in [4.78, 5) is 0. The molecule has 0 bridgehead atoms. The Kier molecular flexibility index (Phi) is 4.69. The summed E-state index contributed by atoms with van der Waals surface area (Å²) in [6.45, 7) is 2.23. The lowest BCUT2D eigenvalue weighted by Gasteiger charge is -2.12. The number of aryl methyl sites for hydroxylation is 1. The zero-order valence-corrected chi connectivity index (χ0v) is 12.6. The Balaban J connectivity index is 2.18. The van der Waals surface area contributed by atoms with Gasteiger partial charge in [0.25, 0.3) is 0 Å². The molecule has 0 aromatic heterocycles. The molecule has 0 saturated carbocycles. The van der Waals surface area contributed by atoms with Gasteiger partial charge < -0.3 is 5.32 Å². The van der Waals surface area contributed by atoms with Crippen molar-refractivity contribution in [2.45, 2.75) is 19.6 Å². The third-order valence-electron chi connectivity index (χ3n) is 2.92. The first-order chi connectivity index (χ1) is 9.75. The zero-order chi connectivity index (χ0) is 15.6. The van der Waals surface area contributed by atoms with Crippen LogP contribution < -0.4 is 5.32 Å². The average Bonchev–Trinajstić information content (AvgIpc) is 2.36. The molecule has 0 fully saturated rings. The molecule has 0 radical (unpaired) electrons. The van der Waals surface area contributed by atoms with E-state index in [2.05, 4.69) is 5.32 Å². The minimum atomic E-state index is -4.43. The van der Waals surface area contributed by atoms with Crippen LogP contribution in [0.4, 0.5) is 18.9 Å². The highest BCUT2D eigenvalue weighted by Crippen LogP contribution is 2.33. The molecule has 2 aromatic rings. The number of nitrogens with one attached hydrogen (secondary N) is 1. The van der Waals surface area contributed by atoms with Crippen LogP contribution in [0.2, 0.25) is 10.0 Å². The lowest BCUT2D eigenvalue weighted by molar-refractivity contribution is -0.137. The van der Waals surface area contributed by atoms with Crippen molar-refractivity contribution in [2.75, 3.05) is 5.32 Å². The van der Waals surface area contributed by atoms with Crippen LogP contribution in [-0.2, 0) is 12.7 Å². The highest BCUT2D eigenvalue weighted by atomic mass is 35.5. The topological polar surface area (TPSA) is 12.0 Å². The second kappa shape index (κ2) is 6.16. The molecule has 0 unspecified atom stereocenters. The molecule has 112 valence electrons. The van der Waals surface area contributed by atoms with E-state index in [9.17, 15) is 13.2 Å². The predicted octanol–water partition coefficient (Wildman–Crippen LogP) is 5.93. The Morgan fingerprint density at radius 3 is 2.38 bits per heavy atom. The van der Waals surface area contributed by atoms with E-state index >= 15 is 0 Å². The molecule has 2 aromatic carbocycles. The molecule has 1 nitrogen and oxygen atoms in total. The molecule has 0 aliphatic rings. The Hall–Kier alpha value is -1.39. The second-order valence-electron chi connectivity index (χ2n) is 4.67. The third kappa shape index (κ3) is 4.29. The maximum Gasteiger partial charge on any atom is 0.416 e. The molecular formula is C15H12Cl2F3N. The van der Waals surface area contributed by atoms with Gasteiger partial charge >= 0.3 is 6.18 Å². The number of anilines is 1. The van der Waals surface area contributed by atoms with Crippen LogP contribution in [0.3, 0.4) is 0 Å². The van der Waals surface area contributed by atoms with E-state index < -0.39 is 11.7 Å². The molecule has 0 aliphatic heterocycles. The van der Waals surface area contributed by atoms with Gasteiger partial charge in [0.05, 0.1) is 5.56 Å². The van der Waals surface area contributed by atoms with E-state index in [0.717, 1.165) is 23.3 Å². The van der Waals surface area contributed by atoms with Gasteiger partial charge in [-0.2, -0.15) is 13.2 Å². The smallest absolute Gasteiger partial charge is 0.381 e. The van der Waals surface area contributed by atoms with E-state index in [1.54, 1.807) is 6.07 Å². The number of benzene rings is 2. The molecule has 0 saturated heterocycles. The molecular weight excluding hydrogens is 322 g/mol. The minimum absolute atomic E-state index is 0.0299. The summed E-state index contributed by atoms with van der Waals surface area (Å²) in [6, 6.07) is 8.89. The van der Waals surface area contributed by atoms with Crippen LogP contribution in [-0.4, -0.2) is 0 Å². The van der Waals surface area contributed by atoms with Crippen molar-refractivity contribution < 1.29 is 13.2 Å². The molecule has 6 heteroatoms. The number of rotatable bonds is 3. The summed E-state index contributed by atoms with van der Waals surface area (Å²) in [5.74, 6) is 0. The molecule has 0 heterocycles. The maximum atomic E-state index is 12.7. The lowest BCUT2D eigenvalue weighted by Crippen LogP contribution is -2.07.